The Bertz CT molecular complexity index is 877. The Balaban J connectivity index is 1.64. The molecule has 3 aromatic carbocycles. The van der Waals surface area contributed by atoms with Gasteiger partial charge in [0.1, 0.15) is 28.6 Å². The van der Waals surface area contributed by atoms with Crippen LogP contribution in [0.15, 0.2) is 82.1 Å². The van der Waals surface area contributed by atoms with E-state index in [0.717, 1.165) is 16.9 Å². The van der Waals surface area contributed by atoms with Crippen molar-refractivity contribution in [3.8, 4) is 17.2 Å². The van der Waals surface area contributed by atoms with Gasteiger partial charge >= 0.3 is 0 Å². The molecule has 0 spiro atoms. The molecule has 0 bridgehead atoms. The second kappa shape index (κ2) is 8.56. The van der Waals surface area contributed by atoms with Gasteiger partial charge in [0.25, 0.3) is 0 Å². The Hall–Kier alpha value is -2.76. The lowest BCUT2D eigenvalue weighted by molar-refractivity contribution is 0.409. The third-order valence-electron chi connectivity index (χ3n) is 3.68. The summed E-state index contributed by atoms with van der Waals surface area (Å²) in [6.45, 7) is 1.99. The summed E-state index contributed by atoms with van der Waals surface area (Å²) >= 11 is -1.41. The van der Waals surface area contributed by atoms with Gasteiger partial charge in [-0.3, -0.25) is 0 Å². The maximum atomic E-state index is 12.2. The summed E-state index contributed by atoms with van der Waals surface area (Å²) in [5, 5.41) is 0. The molecule has 0 aliphatic rings. The monoisotopic (exact) mass is 365 g/mol. The van der Waals surface area contributed by atoms with E-state index in [1.807, 2.05) is 79.7 Å². The van der Waals surface area contributed by atoms with Crippen LogP contribution in [-0.2, 0) is 11.4 Å². The third-order valence-corrected chi connectivity index (χ3v) is 4.65. The molecule has 0 saturated heterocycles. The second-order valence-corrected chi connectivity index (χ2v) is 6.83. The zero-order chi connectivity index (χ0) is 18.4. The summed E-state index contributed by atoms with van der Waals surface area (Å²) in [6, 6.07) is 22.3. The molecular weight excluding hydrogens is 346 g/mol. The highest BCUT2D eigenvalue weighted by molar-refractivity contribution is 7.90. The summed E-state index contributed by atoms with van der Waals surface area (Å²) < 4.78 is 27.3. The van der Waals surface area contributed by atoms with Crippen molar-refractivity contribution >= 4 is 17.6 Å². The zero-order valence-electron chi connectivity index (χ0n) is 14.6. The SMILES string of the molecule is COc1cccc(Oc2ccc(/C=N/[S+]([O-])c3ccc(C)cc3)cc2)c1. The first-order valence-corrected chi connectivity index (χ1v) is 9.19. The highest BCUT2D eigenvalue weighted by atomic mass is 32.2. The Kier molecular flexibility index (Phi) is 5.94. The van der Waals surface area contributed by atoms with Crippen molar-refractivity contribution in [3.63, 3.8) is 0 Å². The van der Waals surface area contributed by atoms with E-state index in [0.29, 0.717) is 16.4 Å². The minimum Gasteiger partial charge on any atom is -0.586 e. The van der Waals surface area contributed by atoms with Crippen LogP contribution in [0, 0.1) is 6.92 Å². The predicted octanol–water partition coefficient (Wildman–Crippen LogP) is 4.94. The number of hydrogen-bond acceptors (Lipinski definition) is 4. The molecule has 0 heterocycles. The molecular formula is C21H19NO3S. The van der Waals surface area contributed by atoms with E-state index in [4.69, 9.17) is 9.47 Å². The van der Waals surface area contributed by atoms with Gasteiger partial charge in [0, 0.05) is 6.07 Å². The molecule has 5 heteroatoms. The van der Waals surface area contributed by atoms with Crippen molar-refractivity contribution in [1.82, 2.24) is 0 Å². The molecule has 0 aromatic heterocycles. The van der Waals surface area contributed by atoms with Crippen LogP contribution in [0.25, 0.3) is 0 Å². The molecule has 0 saturated carbocycles. The van der Waals surface area contributed by atoms with Crippen molar-refractivity contribution < 1.29 is 14.0 Å². The van der Waals surface area contributed by atoms with Crippen LogP contribution in [0.5, 0.6) is 17.2 Å². The Morgan fingerprint density at radius 2 is 1.58 bits per heavy atom. The molecule has 0 aliphatic carbocycles. The molecule has 132 valence electrons. The first kappa shape index (κ1) is 18.0. The molecule has 0 amide bonds. The number of hydrogen-bond donors (Lipinski definition) is 0. The van der Waals surface area contributed by atoms with Crippen molar-refractivity contribution in [1.29, 1.82) is 0 Å². The first-order chi connectivity index (χ1) is 12.6. The number of aryl methyl sites for hydroxylation is 1. The second-order valence-electron chi connectivity index (χ2n) is 5.65. The van der Waals surface area contributed by atoms with Crippen LogP contribution in [-0.4, -0.2) is 17.9 Å². The van der Waals surface area contributed by atoms with Crippen molar-refractivity contribution in [3.05, 3.63) is 83.9 Å². The fourth-order valence-corrected chi connectivity index (χ4v) is 2.96. The molecule has 1 atom stereocenters. The molecule has 0 N–H and O–H groups in total. The number of benzene rings is 3. The fourth-order valence-electron chi connectivity index (χ4n) is 2.25. The van der Waals surface area contributed by atoms with Gasteiger partial charge in [0.15, 0.2) is 4.90 Å². The Morgan fingerprint density at radius 3 is 2.27 bits per heavy atom. The molecule has 3 rings (SSSR count). The minimum atomic E-state index is -1.41. The maximum absolute atomic E-state index is 12.2. The standard InChI is InChI=1S/C21H19NO3S/c1-16-6-12-21(13-7-16)26(23)22-15-17-8-10-18(11-9-17)25-20-5-3-4-19(14-20)24-2/h3-15H,1-2H3/b22-15+. The molecule has 0 radical (unpaired) electrons. The first-order valence-electron chi connectivity index (χ1n) is 8.08. The van der Waals surface area contributed by atoms with Gasteiger partial charge in [-0.2, -0.15) is 0 Å². The van der Waals surface area contributed by atoms with Gasteiger partial charge in [-0.1, -0.05) is 28.2 Å². The van der Waals surface area contributed by atoms with Gasteiger partial charge in [-0.05, 0) is 61.0 Å². The number of methoxy groups -OCH3 is 1. The highest BCUT2D eigenvalue weighted by Crippen LogP contribution is 2.25. The Labute approximate surface area is 156 Å². The van der Waals surface area contributed by atoms with Crippen molar-refractivity contribution in [2.75, 3.05) is 7.11 Å². The van der Waals surface area contributed by atoms with Crippen LogP contribution >= 0.6 is 0 Å². The average Bonchev–Trinajstić information content (AvgIpc) is 2.68. The maximum Gasteiger partial charge on any atom is 0.182 e. The number of nitrogens with zero attached hydrogens (tertiary/aromatic N) is 1. The van der Waals surface area contributed by atoms with Crippen molar-refractivity contribution in [2.24, 2.45) is 4.40 Å². The summed E-state index contributed by atoms with van der Waals surface area (Å²) in [7, 11) is 1.62. The molecule has 26 heavy (non-hydrogen) atoms. The molecule has 3 aromatic rings. The Morgan fingerprint density at radius 1 is 0.885 bits per heavy atom. The van der Waals surface area contributed by atoms with Crippen LogP contribution in [0.3, 0.4) is 0 Å². The molecule has 0 aliphatic heterocycles. The molecule has 0 fully saturated rings. The lowest BCUT2D eigenvalue weighted by atomic mass is 10.2. The summed E-state index contributed by atoms with van der Waals surface area (Å²) in [6.07, 6.45) is 1.60. The van der Waals surface area contributed by atoms with E-state index >= 15 is 0 Å². The van der Waals surface area contributed by atoms with Crippen LogP contribution in [0.1, 0.15) is 11.1 Å². The normalized spacial score (nSPS) is 12.1. The van der Waals surface area contributed by atoms with E-state index in [2.05, 4.69) is 4.40 Å². The summed E-state index contributed by atoms with van der Waals surface area (Å²) in [4.78, 5) is 0.685. The van der Waals surface area contributed by atoms with Crippen LogP contribution < -0.4 is 9.47 Å². The third kappa shape index (κ3) is 4.88. The quantitative estimate of drug-likeness (QED) is 0.459. The van der Waals surface area contributed by atoms with Gasteiger partial charge in [0.05, 0.1) is 13.3 Å². The minimum absolute atomic E-state index is 0.685. The van der Waals surface area contributed by atoms with Gasteiger partial charge < -0.3 is 14.0 Å². The summed E-state index contributed by atoms with van der Waals surface area (Å²) in [5.41, 5.74) is 1.98. The average molecular weight is 365 g/mol. The highest BCUT2D eigenvalue weighted by Gasteiger charge is 2.08. The van der Waals surface area contributed by atoms with E-state index in [9.17, 15) is 4.55 Å². The van der Waals surface area contributed by atoms with E-state index in [1.165, 1.54) is 0 Å². The largest absolute Gasteiger partial charge is 0.586 e. The number of rotatable bonds is 6. The van der Waals surface area contributed by atoms with Crippen molar-refractivity contribution in [2.45, 2.75) is 11.8 Å². The van der Waals surface area contributed by atoms with E-state index in [-0.39, 0.29) is 0 Å². The van der Waals surface area contributed by atoms with Gasteiger partial charge in [-0.25, -0.2) is 0 Å². The number of ether oxygens (including phenoxy) is 2. The van der Waals surface area contributed by atoms with Gasteiger partial charge in [0.2, 0.25) is 0 Å². The van der Waals surface area contributed by atoms with E-state index < -0.39 is 11.4 Å². The fraction of sp³-hybridized carbons (Fsp3) is 0.0952. The van der Waals surface area contributed by atoms with Crippen LogP contribution in [0.4, 0.5) is 0 Å². The zero-order valence-corrected chi connectivity index (χ0v) is 15.4. The van der Waals surface area contributed by atoms with E-state index in [1.54, 1.807) is 13.3 Å². The smallest absolute Gasteiger partial charge is 0.182 e. The molecule has 4 nitrogen and oxygen atoms in total. The molecule has 1 unspecified atom stereocenters. The van der Waals surface area contributed by atoms with Gasteiger partial charge in [-0.15, -0.1) is 0 Å². The summed E-state index contributed by atoms with van der Waals surface area (Å²) in [5.74, 6) is 2.14. The van der Waals surface area contributed by atoms with Crippen LogP contribution in [0.2, 0.25) is 0 Å². The topological polar surface area (TPSA) is 53.9 Å². The lowest BCUT2D eigenvalue weighted by Gasteiger charge is -2.07. The predicted molar refractivity (Wildman–Crippen MR) is 105 cm³/mol. The lowest BCUT2D eigenvalue weighted by Crippen LogP contribution is -1.97.